The highest BCUT2D eigenvalue weighted by Crippen LogP contribution is 2.33. The van der Waals surface area contributed by atoms with Gasteiger partial charge in [-0.2, -0.15) is 0 Å². The van der Waals surface area contributed by atoms with Gasteiger partial charge in [0, 0.05) is 13.1 Å². The average Bonchev–Trinajstić information content (AvgIpc) is 2.38. The molecule has 2 fully saturated rings. The fourth-order valence-corrected chi connectivity index (χ4v) is 3.90. The molecule has 0 amide bonds. The second-order valence-corrected chi connectivity index (χ2v) is 7.37. The standard InChI is InChI=1S/C16H29NO4/c1-12-3-2-6-16(21,9-12)11-17-10-15(20)7-4-13(5-8-15)14(18)19/h12-13,17,20-21H,2-11H2,1H3,(H,18,19). The van der Waals surface area contributed by atoms with E-state index < -0.39 is 17.2 Å². The number of aliphatic carboxylic acids is 1. The van der Waals surface area contributed by atoms with Crippen LogP contribution in [0.2, 0.25) is 0 Å². The quantitative estimate of drug-likeness (QED) is 0.618. The summed E-state index contributed by atoms with van der Waals surface area (Å²) in [6, 6.07) is 0. The molecule has 0 bridgehead atoms. The lowest BCUT2D eigenvalue weighted by molar-refractivity contribution is -0.144. The Morgan fingerprint density at radius 3 is 2.29 bits per heavy atom. The average molecular weight is 299 g/mol. The van der Waals surface area contributed by atoms with Gasteiger partial charge >= 0.3 is 5.97 Å². The van der Waals surface area contributed by atoms with Gasteiger partial charge in [-0.1, -0.05) is 19.8 Å². The fourth-order valence-electron chi connectivity index (χ4n) is 3.90. The molecule has 0 aliphatic heterocycles. The third-order valence-electron chi connectivity index (χ3n) is 5.24. The molecule has 2 unspecified atom stereocenters. The summed E-state index contributed by atoms with van der Waals surface area (Å²) in [6.07, 6.45) is 6.00. The van der Waals surface area contributed by atoms with Crippen LogP contribution in [-0.4, -0.2) is 45.6 Å². The van der Waals surface area contributed by atoms with Crippen molar-refractivity contribution < 1.29 is 20.1 Å². The van der Waals surface area contributed by atoms with E-state index in [2.05, 4.69) is 12.2 Å². The predicted molar refractivity (Wildman–Crippen MR) is 80.0 cm³/mol. The minimum atomic E-state index is -0.817. The Kier molecular flexibility index (Phi) is 5.28. The number of nitrogens with one attached hydrogen (secondary N) is 1. The Labute approximate surface area is 126 Å². The second kappa shape index (κ2) is 6.63. The summed E-state index contributed by atoms with van der Waals surface area (Å²) in [7, 11) is 0. The summed E-state index contributed by atoms with van der Waals surface area (Å²) < 4.78 is 0. The van der Waals surface area contributed by atoms with Crippen molar-refractivity contribution in [2.45, 2.75) is 69.5 Å². The van der Waals surface area contributed by atoms with Crippen molar-refractivity contribution in [1.82, 2.24) is 5.32 Å². The monoisotopic (exact) mass is 299 g/mol. The fraction of sp³-hybridized carbons (Fsp3) is 0.938. The van der Waals surface area contributed by atoms with E-state index in [1.807, 2.05) is 0 Å². The molecule has 0 heterocycles. The maximum atomic E-state index is 10.9. The Morgan fingerprint density at radius 2 is 1.71 bits per heavy atom. The molecular weight excluding hydrogens is 270 g/mol. The molecule has 2 rings (SSSR count). The highest BCUT2D eigenvalue weighted by Gasteiger charge is 2.37. The third kappa shape index (κ3) is 4.66. The van der Waals surface area contributed by atoms with Crippen molar-refractivity contribution in [3.63, 3.8) is 0 Å². The van der Waals surface area contributed by atoms with Crippen molar-refractivity contribution in [3.05, 3.63) is 0 Å². The van der Waals surface area contributed by atoms with Gasteiger partial charge in [0.2, 0.25) is 0 Å². The van der Waals surface area contributed by atoms with E-state index in [9.17, 15) is 15.0 Å². The minimum absolute atomic E-state index is 0.311. The van der Waals surface area contributed by atoms with Gasteiger partial charge in [-0.25, -0.2) is 0 Å². The van der Waals surface area contributed by atoms with Gasteiger partial charge < -0.3 is 20.6 Å². The zero-order valence-electron chi connectivity index (χ0n) is 13.0. The van der Waals surface area contributed by atoms with Gasteiger partial charge in [0.25, 0.3) is 0 Å². The Hall–Kier alpha value is -0.650. The molecule has 5 nitrogen and oxygen atoms in total. The van der Waals surface area contributed by atoms with Crippen molar-refractivity contribution in [2.24, 2.45) is 11.8 Å². The molecule has 0 aromatic rings. The maximum absolute atomic E-state index is 10.9. The lowest BCUT2D eigenvalue weighted by Gasteiger charge is -2.38. The summed E-state index contributed by atoms with van der Waals surface area (Å²) in [4.78, 5) is 10.9. The normalized spacial score (nSPS) is 40.9. The zero-order chi connectivity index (χ0) is 15.5. The number of rotatable bonds is 5. The van der Waals surface area contributed by atoms with Crippen LogP contribution in [0.4, 0.5) is 0 Å². The van der Waals surface area contributed by atoms with Crippen LogP contribution in [0.1, 0.15) is 58.3 Å². The Morgan fingerprint density at radius 1 is 1.10 bits per heavy atom. The van der Waals surface area contributed by atoms with Gasteiger partial charge in [0.05, 0.1) is 17.1 Å². The number of hydrogen-bond acceptors (Lipinski definition) is 4. The van der Waals surface area contributed by atoms with Crippen LogP contribution in [0.3, 0.4) is 0 Å². The molecule has 2 atom stereocenters. The van der Waals surface area contributed by atoms with E-state index in [1.165, 1.54) is 6.42 Å². The van der Waals surface area contributed by atoms with Crippen LogP contribution in [0, 0.1) is 11.8 Å². The summed E-state index contributed by atoms with van der Waals surface area (Å²) in [5, 5.41) is 33.3. The maximum Gasteiger partial charge on any atom is 0.306 e. The molecule has 0 spiro atoms. The van der Waals surface area contributed by atoms with Crippen LogP contribution in [0.5, 0.6) is 0 Å². The van der Waals surface area contributed by atoms with Crippen molar-refractivity contribution in [3.8, 4) is 0 Å². The molecule has 0 aromatic heterocycles. The van der Waals surface area contributed by atoms with Gasteiger partial charge in [0.15, 0.2) is 0 Å². The van der Waals surface area contributed by atoms with E-state index in [4.69, 9.17) is 5.11 Å². The first kappa shape index (κ1) is 16.7. The topological polar surface area (TPSA) is 89.8 Å². The summed E-state index contributed by atoms with van der Waals surface area (Å²) in [5.41, 5.74) is -1.46. The number of carboxylic acid groups (broad SMARTS) is 1. The predicted octanol–water partition coefficient (Wildman–Crippen LogP) is 1.52. The van der Waals surface area contributed by atoms with Crippen molar-refractivity contribution >= 4 is 5.97 Å². The number of carboxylic acids is 1. The second-order valence-electron chi connectivity index (χ2n) is 7.37. The van der Waals surface area contributed by atoms with E-state index in [0.717, 1.165) is 19.3 Å². The zero-order valence-corrected chi connectivity index (χ0v) is 13.0. The molecule has 4 N–H and O–H groups in total. The molecule has 21 heavy (non-hydrogen) atoms. The van der Waals surface area contributed by atoms with E-state index >= 15 is 0 Å². The van der Waals surface area contributed by atoms with Crippen LogP contribution < -0.4 is 5.32 Å². The van der Waals surface area contributed by atoms with Gasteiger partial charge in [-0.3, -0.25) is 4.79 Å². The first-order chi connectivity index (χ1) is 9.82. The van der Waals surface area contributed by atoms with Crippen LogP contribution >= 0.6 is 0 Å². The van der Waals surface area contributed by atoms with Crippen LogP contribution in [-0.2, 0) is 4.79 Å². The minimum Gasteiger partial charge on any atom is -0.481 e. The molecule has 0 saturated heterocycles. The first-order valence-electron chi connectivity index (χ1n) is 8.20. The lowest BCUT2D eigenvalue weighted by atomic mass is 9.77. The molecule has 5 heteroatoms. The van der Waals surface area contributed by atoms with Gasteiger partial charge in [-0.05, 0) is 44.4 Å². The van der Waals surface area contributed by atoms with Crippen LogP contribution in [0.15, 0.2) is 0 Å². The number of carbonyl (C=O) groups is 1. The van der Waals surface area contributed by atoms with Crippen molar-refractivity contribution in [2.75, 3.05) is 13.1 Å². The molecule has 0 radical (unpaired) electrons. The highest BCUT2D eigenvalue weighted by molar-refractivity contribution is 5.70. The summed E-state index contributed by atoms with van der Waals surface area (Å²) >= 11 is 0. The molecule has 122 valence electrons. The SMILES string of the molecule is CC1CCCC(O)(CNCC2(O)CCC(C(=O)O)CC2)C1. The van der Waals surface area contributed by atoms with E-state index in [0.29, 0.717) is 44.7 Å². The first-order valence-corrected chi connectivity index (χ1v) is 8.20. The van der Waals surface area contributed by atoms with Gasteiger partial charge in [0.1, 0.15) is 0 Å². The number of hydrogen-bond donors (Lipinski definition) is 4. The molecule has 0 aromatic carbocycles. The van der Waals surface area contributed by atoms with Crippen molar-refractivity contribution in [1.29, 1.82) is 0 Å². The molecule has 2 aliphatic carbocycles. The third-order valence-corrected chi connectivity index (χ3v) is 5.24. The molecular formula is C16H29NO4. The Bertz CT molecular complexity index is 365. The highest BCUT2D eigenvalue weighted by atomic mass is 16.4. The van der Waals surface area contributed by atoms with E-state index in [1.54, 1.807) is 0 Å². The Balaban J connectivity index is 1.74. The van der Waals surface area contributed by atoms with Crippen LogP contribution in [0.25, 0.3) is 0 Å². The lowest BCUT2D eigenvalue weighted by Crippen LogP contribution is -2.50. The van der Waals surface area contributed by atoms with Gasteiger partial charge in [-0.15, -0.1) is 0 Å². The molecule has 2 saturated carbocycles. The number of aliphatic hydroxyl groups is 2. The summed E-state index contributed by atoms with van der Waals surface area (Å²) in [5.74, 6) is -0.510. The van der Waals surface area contributed by atoms with E-state index in [-0.39, 0.29) is 5.92 Å². The smallest absolute Gasteiger partial charge is 0.306 e. The summed E-state index contributed by atoms with van der Waals surface area (Å²) in [6.45, 7) is 3.13. The largest absolute Gasteiger partial charge is 0.481 e. The molecule has 2 aliphatic rings.